The van der Waals surface area contributed by atoms with Crippen molar-refractivity contribution in [1.82, 2.24) is 0 Å². The van der Waals surface area contributed by atoms with Crippen molar-refractivity contribution in [1.29, 1.82) is 0 Å². The molecule has 0 spiro atoms. The Labute approximate surface area is 344 Å². The molecule has 3 heterocycles. The van der Waals surface area contributed by atoms with Crippen molar-refractivity contribution < 1.29 is 56.3 Å². The summed E-state index contributed by atoms with van der Waals surface area (Å²) in [5.41, 5.74) is -3.04. The highest BCUT2D eigenvalue weighted by Gasteiger charge is 2.51. The normalized spacial score (nSPS) is 12.0. The minimum Gasteiger partial charge on any atom is -0.390 e. The van der Waals surface area contributed by atoms with E-state index in [1.54, 1.807) is 71.5 Å². The molecule has 3 aromatic heterocycles. The third-order valence-corrected chi connectivity index (χ3v) is 14.4. The van der Waals surface area contributed by atoms with Crippen LogP contribution < -0.4 is 14.8 Å². The summed E-state index contributed by atoms with van der Waals surface area (Å²) in [6, 6.07) is 21.8. The number of benzene rings is 3. The van der Waals surface area contributed by atoms with Gasteiger partial charge in [-0.15, -0.1) is 34.0 Å². The van der Waals surface area contributed by atoms with Crippen LogP contribution in [-0.4, -0.2) is 40.6 Å². The van der Waals surface area contributed by atoms with Crippen molar-refractivity contribution in [3.8, 4) is 0 Å². The number of hydrogen-bond donors (Lipinski definition) is 2. The number of nitrogens with zero attached hydrogens (tertiary/aromatic N) is 1. The molecule has 0 unspecified atom stereocenters. The van der Waals surface area contributed by atoms with Crippen LogP contribution in [0, 0.1) is 20.8 Å². The summed E-state index contributed by atoms with van der Waals surface area (Å²) in [4.78, 5) is 0. The van der Waals surface area contributed by atoms with Gasteiger partial charge in [-0.3, -0.25) is 9.03 Å². The van der Waals surface area contributed by atoms with Gasteiger partial charge < -0.3 is 5.73 Å². The summed E-state index contributed by atoms with van der Waals surface area (Å²) in [5.74, 6) is 0. The van der Waals surface area contributed by atoms with Crippen molar-refractivity contribution in [2.75, 3.05) is 21.3 Å². The monoisotopic (exact) mass is 925 g/mol. The van der Waals surface area contributed by atoms with Crippen LogP contribution in [0.5, 0.6) is 0 Å². The second kappa shape index (κ2) is 20.0. The Morgan fingerprint density at radius 1 is 0.603 bits per heavy atom. The van der Waals surface area contributed by atoms with Crippen molar-refractivity contribution >= 4 is 99.3 Å². The van der Waals surface area contributed by atoms with Crippen molar-refractivity contribution in [2.45, 2.75) is 79.5 Å². The lowest BCUT2D eigenvalue weighted by atomic mass is 10.2. The molecule has 0 saturated heterocycles. The summed E-state index contributed by atoms with van der Waals surface area (Å²) in [5, 5.41) is 3.43. The molecule has 324 valence electrons. The predicted octanol–water partition coefficient (Wildman–Crippen LogP) is 13.8. The van der Waals surface area contributed by atoms with E-state index in [0.29, 0.717) is 21.2 Å². The zero-order chi connectivity index (χ0) is 41.1. The number of nitrogens with one attached hydrogen (secondary N) is 1. The maximum absolute atomic E-state index is 13.0. The van der Waals surface area contributed by atoms with Gasteiger partial charge in [0.1, 0.15) is 10.0 Å². The fraction of sp³-hybridized carbons (Fsp3) is 0.351. The van der Waals surface area contributed by atoms with Crippen LogP contribution in [0.3, 0.4) is 0 Å². The standard InChI is InChI=1S/C15H15F6NO2S2.C10H8F3NO2S2.C9H9NS.3CH4/c1-10-11-6-2-3-7-12(11)25-13(10)22(26(23,24)15(19,20)21)9-5-4-8-14(16,17)18;1-6-7-4-2-3-5-8(7)17-9(6)14-18(15,16)10(11,12)13;1-6-7-4-2-3-5-8(7)11-9(6)10;;;/h2-3,6-7H,4-5,8-9H2,1H3;2-5,14H,1H3;2-5H,10H2,1H3;3*1H4. The molecule has 3 N–H and O–H groups in total. The largest absolute Gasteiger partial charge is 0.516 e. The van der Waals surface area contributed by atoms with Crippen molar-refractivity contribution in [2.24, 2.45) is 0 Å². The Morgan fingerprint density at radius 3 is 1.45 bits per heavy atom. The van der Waals surface area contributed by atoms with Gasteiger partial charge in [0, 0.05) is 27.1 Å². The first-order valence-corrected chi connectivity index (χ1v) is 21.2. The molecule has 0 aliphatic rings. The molecular weight excluding hydrogens is 882 g/mol. The Kier molecular flexibility index (Phi) is 18.0. The van der Waals surface area contributed by atoms with E-state index in [0.717, 1.165) is 37.8 Å². The minimum absolute atomic E-state index is 0. The number of anilines is 3. The number of nitrogen functional groups attached to an aromatic ring is 1. The van der Waals surface area contributed by atoms with Gasteiger partial charge in [0.05, 0.1) is 5.00 Å². The first-order valence-electron chi connectivity index (χ1n) is 15.8. The molecule has 7 nitrogen and oxygen atoms in total. The lowest BCUT2D eigenvalue weighted by molar-refractivity contribution is -0.135. The number of nitrogens with two attached hydrogens (primary N) is 1. The minimum atomic E-state index is -5.72. The van der Waals surface area contributed by atoms with Crippen LogP contribution >= 0.6 is 34.0 Å². The van der Waals surface area contributed by atoms with Crippen LogP contribution in [-0.2, 0) is 20.0 Å². The topological polar surface area (TPSA) is 110 Å². The van der Waals surface area contributed by atoms with E-state index in [1.165, 1.54) is 22.6 Å². The molecule has 0 atom stereocenters. The average Bonchev–Trinajstić information content (AvgIpc) is 3.69. The maximum Gasteiger partial charge on any atom is 0.516 e. The van der Waals surface area contributed by atoms with E-state index < -0.39 is 56.6 Å². The highest BCUT2D eigenvalue weighted by atomic mass is 32.2. The molecular formula is C37H44F9N3O4S5. The number of fused-ring (bicyclic) bond motifs is 3. The predicted molar refractivity (Wildman–Crippen MR) is 225 cm³/mol. The average molecular weight is 926 g/mol. The van der Waals surface area contributed by atoms with Gasteiger partial charge in [0.2, 0.25) is 0 Å². The fourth-order valence-corrected chi connectivity index (χ4v) is 10.6. The van der Waals surface area contributed by atoms with E-state index in [1.807, 2.05) is 12.1 Å². The van der Waals surface area contributed by atoms with Crippen LogP contribution in [0.25, 0.3) is 30.3 Å². The Bertz CT molecular complexity index is 2490. The van der Waals surface area contributed by atoms with Gasteiger partial charge in [-0.25, -0.2) is 0 Å². The zero-order valence-electron chi connectivity index (χ0n) is 28.9. The van der Waals surface area contributed by atoms with Gasteiger partial charge >= 0.3 is 37.2 Å². The number of alkyl halides is 9. The van der Waals surface area contributed by atoms with Gasteiger partial charge in [-0.05, 0) is 84.7 Å². The highest BCUT2D eigenvalue weighted by molar-refractivity contribution is 7.94. The quantitative estimate of drug-likeness (QED) is 0.117. The summed E-state index contributed by atoms with van der Waals surface area (Å²) in [6.45, 7) is 4.45. The number of unbranched alkanes of at least 4 members (excludes halogenated alkanes) is 1. The summed E-state index contributed by atoms with van der Waals surface area (Å²) >= 11 is 3.50. The van der Waals surface area contributed by atoms with E-state index in [2.05, 4.69) is 19.1 Å². The second-order valence-corrected chi connectivity index (χ2v) is 18.5. The Hall–Kier alpha value is -3.79. The van der Waals surface area contributed by atoms with Crippen LogP contribution in [0.2, 0.25) is 0 Å². The smallest absolute Gasteiger partial charge is 0.390 e. The molecule has 0 aliphatic carbocycles. The Morgan fingerprint density at radius 2 is 1.03 bits per heavy atom. The molecule has 3 aromatic carbocycles. The Balaban J connectivity index is 0.000000456. The number of thiophene rings is 3. The van der Waals surface area contributed by atoms with Crippen LogP contribution in [0.15, 0.2) is 72.8 Å². The number of sulfonamides is 2. The molecule has 0 saturated carbocycles. The second-order valence-electron chi connectivity index (χ2n) is 11.8. The number of halogens is 9. The number of rotatable bonds is 8. The SMILES string of the molecule is C.C.C.Cc1c(N(CCCCC(F)(F)F)S(=O)(=O)C(F)(F)F)sc2ccccc12.Cc1c(N)sc2ccccc12.Cc1c(NS(=O)(=O)C(F)(F)F)sc2ccccc12. The lowest BCUT2D eigenvalue weighted by Crippen LogP contribution is -2.41. The first-order chi connectivity index (χ1) is 25.4. The molecule has 6 aromatic rings. The van der Waals surface area contributed by atoms with Gasteiger partial charge in [-0.1, -0.05) is 76.9 Å². The fourth-order valence-electron chi connectivity index (χ4n) is 5.08. The van der Waals surface area contributed by atoms with E-state index in [9.17, 15) is 56.3 Å². The maximum atomic E-state index is 13.0. The highest BCUT2D eigenvalue weighted by Crippen LogP contribution is 2.42. The van der Waals surface area contributed by atoms with Gasteiger partial charge in [-0.2, -0.15) is 56.3 Å². The third kappa shape index (κ3) is 12.1. The molecule has 0 bridgehead atoms. The number of aryl methyl sites for hydroxylation is 3. The molecule has 6 rings (SSSR count). The van der Waals surface area contributed by atoms with Gasteiger partial charge in [0.15, 0.2) is 0 Å². The summed E-state index contributed by atoms with van der Waals surface area (Å²) in [7, 11) is -11.1. The molecule has 58 heavy (non-hydrogen) atoms. The molecule has 0 fully saturated rings. The zero-order valence-corrected chi connectivity index (χ0v) is 32.9. The van der Waals surface area contributed by atoms with Crippen molar-refractivity contribution in [3.05, 3.63) is 89.5 Å². The summed E-state index contributed by atoms with van der Waals surface area (Å²) < 4.78 is 163. The van der Waals surface area contributed by atoms with E-state index in [4.69, 9.17) is 5.73 Å². The van der Waals surface area contributed by atoms with E-state index >= 15 is 0 Å². The summed E-state index contributed by atoms with van der Waals surface area (Å²) in [6.07, 6.45) is -6.43. The molecule has 21 heteroatoms. The van der Waals surface area contributed by atoms with E-state index in [-0.39, 0.29) is 43.0 Å². The molecule has 0 amide bonds. The van der Waals surface area contributed by atoms with Crippen LogP contribution in [0.1, 0.15) is 58.2 Å². The number of hydrogen-bond acceptors (Lipinski definition) is 8. The molecule has 0 aliphatic heterocycles. The van der Waals surface area contributed by atoms with Crippen molar-refractivity contribution in [3.63, 3.8) is 0 Å². The lowest BCUT2D eigenvalue weighted by Gasteiger charge is -2.25. The molecule has 0 radical (unpaired) electrons. The van der Waals surface area contributed by atoms with Crippen LogP contribution in [0.4, 0.5) is 54.5 Å². The third-order valence-electron chi connectivity index (χ3n) is 7.96. The van der Waals surface area contributed by atoms with Gasteiger partial charge in [0.25, 0.3) is 0 Å². The first kappa shape index (κ1) is 52.2.